The molecule has 1 aliphatic heterocycles. The Morgan fingerprint density at radius 2 is 1.96 bits per heavy atom. The summed E-state index contributed by atoms with van der Waals surface area (Å²) in [7, 11) is 0. The average molecular weight is 352 g/mol. The molecule has 5 heteroatoms. The van der Waals surface area contributed by atoms with Crippen LogP contribution in [0.15, 0.2) is 42.5 Å². The van der Waals surface area contributed by atoms with Gasteiger partial charge in [0.2, 0.25) is 0 Å². The van der Waals surface area contributed by atoms with E-state index in [1.54, 1.807) is 0 Å². The summed E-state index contributed by atoms with van der Waals surface area (Å²) in [5, 5.41) is 11.0. The molecule has 3 rings (SSSR count). The van der Waals surface area contributed by atoms with Crippen molar-refractivity contribution in [2.45, 2.75) is 13.5 Å². The summed E-state index contributed by atoms with van der Waals surface area (Å²) in [5.41, 5.74) is 11.0. The molecule has 0 radical (unpaired) electrons. The number of ether oxygens (including phenoxy) is 1. The molecule has 138 valence electrons. The predicted molar refractivity (Wildman–Crippen MR) is 107 cm³/mol. The van der Waals surface area contributed by atoms with Crippen molar-refractivity contribution in [1.82, 2.24) is 10.2 Å². The molecule has 1 fully saturated rings. The first-order chi connectivity index (χ1) is 12.6. The van der Waals surface area contributed by atoms with E-state index in [1.807, 2.05) is 18.2 Å². The normalized spacial score (nSPS) is 15.1. The second-order valence-corrected chi connectivity index (χ2v) is 6.85. The molecule has 0 amide bonds. The number of hydrogen-bond acceptors (Lipinski definition) is 4. The Morgan fingerprint density at radius 1 is 1.15 bits per heavy atom. The van der Waals surface area contributed by atoms with Crippen LogP contribution < -0.4 is 11.1 Å². The van der Waals surface area contributed by atoms with Crippen LogP contribution in [0.25, 0.3) is 11.1 Å². The molecule has 1 heterocycles. The van der Waals surface area contributed by atoms with Gasteiger partial charge in [0.15, 0.2) is 0 Å². The molecule has 2 aromatic rings. The first-order valence-corrected chi connectivity index (χ1v) is 9.18. The van der Waals surface area contributed by atoms with Crippen LogP contribution in [0.5, 0.6) is 0 Å². The van der Waals surface area contributed by atoms with Gasteiger partial charge in [-0.1, -0.05) is 35.9 Å². The topological polar surface area (TPSA) is 74.4 Å². The van der Waals surface area contributed by atoms with Crippen LogP contribution in [0.3, 0.4) is 0 Å². The molecular formula is C21H28N4O. The molecule has 1 aliphatic rings. The molecular weight excluding hydrogens is 324 g/mol. The van der Waals surface area contributed by atoms with Gasteiger partial charge in [0.1, 0.15) is 5.84 Å². The Bertz CT molecular complexity index is 753. The quantitative estimate of drug-likeness (QED) is 0.406. The van der Waals surface area contributed by atoms with Gasteiger partial charge in [0.05, 0.1) is 13.2 Å². The lowest BCUT2D eigenvalue weighted by Gasteiger charge is -2.26. The average Bonchev–Trinajstić information content (AvgIpc) is 2.66. The molecule has 0 bridgehead atoms. The van der Waals surface area contributed by atoms with Gasteiger partial charge < -0.3 is 15.8 Å². The Morgan fingerprint density at radius 3 is 2.73 bits per heavy atom. The second kappa shape index (κ2) is 8.94. The zero-order valence-corrected chi connectivity index (χ0v) is 15.4. The van der Waals surface area contributed by atoms with Gasteiger partial charge in [-0.05, 0) is 35.7 Å². The first-order valence-electron chi connectivity index (χ1n) is 9.18. The van der Waals surface area contributed by atoms with Gasteiger partial charge in [0.25, 0.3) is 0 Å². The monoisotopic (exact) mass is 352 g/mol. The molecule has 0 saturated carbocycles. The Labute approximate surface area is 155 Å². The van der Waals surface area contributed by atoms with E-state index in [-0.39, 0.29) is 5.84 Å². The minimum atomic E-state index is 0.0935. The highest BCUT2D eigenvalue weighted by atomic mass is 16.5. The minimum Gasteiger partial charge on any atom is -0.384 e. The minimum absolute atomic E-state index is 0.0935. The van der Waals surface area contributed by atoms with Crippen molar-refractivity contribution in [3.05, 3.63) is 59.2 Å². The van der Waals surface area contributed by atoms with E-state index in [0.29, 0.717) is 6.61 Å². The maximum absolute atomic E-state index is 7.63. The van der Waals surface area contributed by atoms with Crippen LogP contribution >= 0.6 is 0 Å². The lowest BCUT2D eigenvalue weighted by atomic mass is 9.99. The van der Waals surface area contributed by atoms with Crippen molar-refractivity contribution in [2.24, 2.45) is 5.73 Å². The van der Waals surface area contributed by atoms with Gasteiger partial charge in [0, 0.05) is 38.3 Å². The van der Waals surface area contributed by atoms with Crippen LogP contribution in [-0.4, -0.2) is 50.1 Å². The number of piperazine rings is 1. The van der Waals surface area contributed by atoms with E-state index < -0.39 is 0 Å². The number of nitrogen functional groups attached to an aromatic ring is 1. The Balaban J connectivity index is 1.62. The highest BCUT2D eigenvalue weighted by molar-refractivity contribution is 5.96. The van der Waals surface area contributed by atoms with Gasteiger partial charge in [-0.25, -0.2) is 0 Å². The van der Waals surface area contributed by atoms with Crippen LogP contribution in [0, 0.1) is 12.3 Å². The van der Waals surface area contributed by atoms with E-state index in [0.717, 1.165) is 56.0 Å². The molecule has 5 nitrogen and oxygen atoms in total. The van der Waals surface area contributed by atoms with E-state index in [9.17, 15) is 0 Å². The van der Waals surface area contributed by atoms with Crippen LogP contribution in [0.1, 0.15) is 16.7 Å². The van der Waals surface area contributed by atoms with E-state index in [1.165, 1.54) is 11.1 Å². The Kier molecular flexibility index (Phi) is 6.39. The van der Waals surface area contributed by atoms with E-state index in [2.05, 4.69) is 41.4 Å². The van der Waals surface area contributed by atoms with E-state index >= 15 is 0 Å². The molecule has 4 N–H and O–H groups in total. The van der Waals surface area contributed by atoms with Crippen LogP contribution in [0.4, 0.5) is 0 Å². The number of nitrogens with zero attached hydrogens (tertiary/aromatic N) is 1. The number of nitrogens with two attached hydrogens (primary N) is 1. The van der Waals surface area contributed by atoms with Gasteiger partial charge >= 0.3 is 0 Å². The largest absolute Gasteiger partial charge is 0.384 e. The predicted octanol–water partition coefficient (Wildman–Crippen LogP) is 2.37. The number of rotatable bonds is 7. The molecule has 26 heavy (non-hydrogen) atoms. The first kappa shape index (κ1) is 18.6. The zero-order chi connectivity index (χ0) is 18.4. The molecule has 0 aromatic heterocycles. The van der Waals surface area contributed by atoms with Crippen molar-refractivity contribution in [2.75, 3.05) is 39.3 Å². The summed E-state index contributed by atoms with van der Waals surface area (Å²) in [6.07, 6.45) is 0. The maximum atomic E-state index is 7.63. The van der Waals surface area contributed by atoms with Crippen LogP contribution in [0.2, 0.25) is 0 Å². The van der Waals surface area contributed by atoms with Gasteiger partial charge in [-0.2, -0.15) is 0 Å². The molecule has 0 spiro atoms. The van der Waals surface area contributed by atoms with Gasteiger partial charge in [-0.15, -0.1) is 0 Å². The highest BCUT2D eigenvalue weighted by Crippen LogP contribution is 2.23. The highest BCUT2D eigenvalue weighted by Gasteiger charge is 2.09. The lowest BCUT2D eigenvalue weighted by Crippen LogP contribution is -2.44. The fraction of sp³-hybridized carbons (Fsp3) is 0.381. The third kappa shape index (κ3) is 5.14. The third-order valence-corrected chi connectivity index (χ3v) is 4.67. The summed E-state index contributed by atoms with van der Waals surface area (Å²) < 4.78 is 5.91. The fourth-order valence-electron chi connectivity index (χ4n) is 3.30. The van der Waals surface area contributed by atoms with Crippen LogP contribution in [-0.2, 0) is 11.3 Å². The summed E-state index contributed by atoms with van der Waals surface area (Å²) in [6.45, 7) is 8.80. The number of aryl methyl sites for hydroxylation is 1. The smallest absolute Gasteiger partial charge is 0.122 e. The summed E-state index contributed by atoms with van der Waals surface area (Å²) in [5.74, 6) is 0.0935. The maximum Gasteiger partial charge on any atom is 0.122 e. The van der Waals surface area contributed by atoms with Crippen molar-refractivity contribution in [3.8, 4) is 11.1 Å². The summed E-state index contributed by atoms with van der Waals surface area (Å²) in [6, 6.07) is 14.3. The SMILES string of the molecule is Cc1cc(COCCN2CCNCC2)cc(-c2cccc(C(=N)N)c2)c1. The third-order valence-electron chi connectivity index (χ3n) is 4.67. The van der Waals surface area contributed by atoms with Crippen molar-refractivity contribution < 1.29 is 4.74 Å². The van der Waals surface area contributed by atoms with Crippen molar-refractivity contribution in [3.63, 3.8) is 0 Å². The fourth-order valence-corrected chi connectivity index (χ4v) is 3.30. The lowest BCUT2D eigenvalue weighted by molar-refractivity contribution is 0.0886. The van der Waals surface area contributed by atoms with E-state index in [4.69, 9.17) is 15.9 Å². The summed E-state index contributed by atoms with van der Waals surface area (Å²) in [4.78, 5) is 2.44. The van der Waals surface area contributed by atoms with Gasteiger partial charge in [-0.3, -0.25) is 10.3 Å². The summed E-state index contributed by atoms with van der Waals surface area (Å²) >= 11 is 0. The number of benzene rings is 2. The standard InChI is InChI=1S/C21H28N4O/c1-16-11-17(15-26-10-9-25-7-5-24-6-8-25)13-20(12-16)18-3-2-4-19(14-18)21(22)23/h2-4,11-14,24H,5-10,15H2,1H3,(H3,22,23). The zero-order valence-electron chi connectivity index (χ0n) is 15.4. The molecule has 0 aliphatic carbocycles. The molecule has 0 atom stereocenters. The number of hydrogen-bond donors (Lipinski definition) is 3. The molecule has 0 unspecified atom stereocenters. The molecule has 1 saturated heterocycles. The number of nitrogens with one attached hydrogen (secondary N) is 2. The van der Waals surface area contributed by atoms with Crippen molar-refractivity contribution in [1.29, 1.82) is 5.41 Å². The van der Waals surface area contributed by atoms with Crippen molar-refractivity contribution >= 4 is 5.84 Å². The Hall–Kier alpha value is -2.21. The second-order valence-electron chi connectivity index (χ2n) is 6.85. The molecule has 2 aromatic carbocycles. The number of amidine groups is 1.